The minimum Gasteiger partial charge on any atom is -0.361 e. The van der Waals surface area contributed by atoms with Gasteiger partial charge in [0.15, 0.2) is 0 Å². The standard InChI is InChI=1S/C25H26ClN3O2/c26-20-7-3-1-6-19(20)24(30)28-22(13-17-14-27-21-8-4-2-5-18(17)21)25(31)29-23(15-9-10-15)16-11-12-16/h1-8,14-16,22-23,27H,9-13H2,(H,28,30)(H,29,31). The number of hydrogen-bond acceptors (Lipinski definition) is 2. The maximum atomic E-state index is 13.4. The fourth-order valence-electron chi connectivity index (χ4n) is 4.41. The number of benzene rings is 2. The van der Waals surface area contributed by atoms with Crippen LogP contribution in [0.5, 0.6) is 0 Å². The van der Waals surface area contributed by atoms with Crippen molar-refractivity contribution >= 4 is 34.3 Å². The van der Waals surface area contributed by atoms with Gasteiger partial charge in [-0.3, -0.25) is 9.59 Å². The lowest BCUT2D eigenvalue weighted by molar-refractivity contribution is -0.124. The largest absolute Gasteiger partial charge is 0.361 e. The van der Waals surface area contributed by atoms with Crippen LogP contribution in [0.2, 0.25) is 5.02 Å². The first-order chi connectivity index (χ1) is 15.1. The minimum absolute atomic E-state index is 0.116. The van der Waals surface area contributed by atoms with Gasteiger partial charge in [-0.1, -0.05) is 41.9 Å². The van der Waals surface area contributed by atoms with Crippen molar-refractivity contribution in [3.8, 4) is 0 Å². The van der Waals surface area contributed by atoms with Crippen molar-refractivity contribution in [3.05, 3.63) is 70.9 Å². The number of rotatable bonds is 8. The topological polar surface area (TPSA) is 74.0 Å². The fourth-order valence-corrected chi connectivity index (χ4v) is 4.63. The lowest BCUT2D eigenvalue weighted by Gasteiger charge is -2.23. The third-order valence-electron chi connectivity index (χ3n) is 6.41. The van der Waals surface area contributed by atoms with E-state index in [0.717, 1.165) is 16.5 Å². The molecule has 3 N–H and O–H groups in total. The van der Waals surface area contributed by atoms with Crippen LogP contribution in [-0.2, 0) is 11.2 Å². The van der Waals surface area contributed by atoms with Gasteiger partial charge in [-0.25, -0.2) is 0 Å². The molecule has 2 aliphatic rings. The zero-order valence-corrected chi connectivity index (χ0v) is 18.0. The number of H-pyrrole nitrogens is 1. The number of aromatic amines is 1. The van der Waals surface area contributed by atoms with Gasteiger partial charge in [0.1, 0.15) is 6.04 Å². The van der Waals surface area contributed by atoms with Crippen molar-refractivity contribution in [1.82, 2.24) is 15.6 Å². The van der Waals surface area contributed by atoms with E-state index in [2.05, 4.69) is 15.6 Å². The smallest absolute Gasteiger partial charge is 0.253 e. The van der Waals surface area contributed by atoms with Crippen LogP contribution >= 0.6 is 11.6 Å². The molecule has 6 heteroatoms. The summed E-state index contributed by atoms with van der Waals surface area (Å²) in [6.07, 6.45) is 7.06. The first-order valence-corrected chi connectivity index (χ1v) is 11.4. The molecule has 0 radical (unpaired) electrons. The molecule has 0 saturated heterocycles. The molecule has 31 heavy (non-hydrogen) atoms. The van der Waals surface area contributed by atoms with Gasteiger partial charge in [-0.05, 0) is 61.3 Å². The first kappa shape index (κ1) is 20.1. The van der Waals surface area contributed by atoms with Crippen LogP contribution in [0.15, 0.2) is 54.7 Å². The summed E-state index contributed by atoms with van der Waals surface area (Å²) in [7, 11) is 0. The van der Waals surface area contributed by atoms with Crippen LogP contribution in [-0.4, -0.2) is 28.9 Å². The van der Waals surface area contributed by atoms with Gasteiger partial charge in [0.05, 0.1) is 10.6 Å². The molecular formula is C25H26ClN3O2. The summed E-state index contributed by atoms with van der Waals surface area (Å²) in [5.74, 6) is 0.725. The quantitative estimate of drug-likeness (QED) is 0.488. The molecule has 1 aromatic heterocycles. The van der Waals surface area contributed by atoms with Crippen LogP contribution < -0.4 is 10.6 Å². The summed E-state index contributed by atoms with van der Waals surface area (Å²) in [5.41, 5.74) is 2.40. The molecule has 1 atom stereocenters. The Morgan fingerprint density at radius 2 is 1.65 bits per heavy atom. The monoisotopic (exact) mass is 435 g/mol. The highest BCUT2D eigenvalue weighted by atomic mass is 35.5. The van der Waals surface area contributed by atoms with Crippen molar-refractivity contribution in [2.75, 3.05) is 0 Å². The Balaban J connectivity index is 1.39. The van der Waals surface area contributed by atoms with E-state index in [1.54, 1.807) is 24.3 Å². The maximum Gasteiger partial charge on any atom is 0.253 e. The second-order valence-electron chi connectivity index (χ2n) is 8.78. The summed E-state index contributed by atoms with van der Waals surface area (Å²) < 4.78 is 0. The van der Waals surface area contributed by atoms with Crippen molar-refractivity contribution in [2.45, 2.75) is 44.2 Å². The number of carbonyl (C=O) groups excluding carboxylic acids is 2. The van der Waals surface area contributed by atoms with Crippen LogP contribution in [0.25, 0.3) is 10.9 Å². The Bertz CT molecular complexity index is 1100. The zero-order chi connectivity index (χ0) is 21.4. The average Bonchev–Trinajstić information content (AvgIpc) is 3.70. The molecule has 2 amide bonds. The number of nitrogens with one attached hydrogen (secondary N) is 3. The van der Waals surface area contributed by atoms with E-state index >= 15 is 0 Å². The molecule has 2 aliphatic carbocycles. The summed E-state index contributed by atoms with van der Waals surface area (Å²) in [4.78, 5) is 29.6. The summed E-state index contributed by atoms with van der Waals surface area (Å²) in [6, 6.07) is 14.5. The molecule has 2 aromatic carbocycles. The third-order valence-corrected chi connectivity index (χ3v) is 6.74. The maximum absolute atomic E-state index is 13.4. The van der Waals surface area contributed by atoms with Gasteiger partial charge in [0.2, 0.25) is 5.91 Å². The molecule has 2 saturated carbocycles. The number of fused-ring (bicyclic) bond motifs is 1. The lowest BCUT2D eigenvalue weighted by atomic mass is 10.0. The van der Waals surface area contributed by atoms with E-state index in [4.69, 9.17) is 11.6 Å². The van der Waals surface area contributed by atoms with Crippen LogP contribution in [0, 0.1) is 11.8 Å². The van der Waals surface area contributed by atoms with E-state index < -0.39 is 6.04 Å². The van der Waals surface area contributed by atoms with E-state index in [0.29, 0.717) is 28.8 Å². The summed E-state index contributed by atoms with van der Waals surface area (Å²) in [5, 5.41) is 7.67. The van der Waals surface area contributed by atoms with Gasteiger partial charge in [-0.15, -0.1) is 0 Å². The number of aromatic nitrogens is 1. The average molecular weight is 436 g/mol. The van der Waals surface area contributed by atoms with E-state index in [1.165, 1.54) is 25.7 Å². The zero-order valence-electron chi connectivity index (χ0n) is 17.2. The Hall–Kier alpha value is -2.79. The van der Waals surface area contributed by atoms with E-state index in [9.17, 15) is 9.59 Å². The van der Waals surface area contributed by atoms with Crippen molar-refractivity contribution in [2.24, 2.45) is 11.8 Å². The Labute approximate surface area is 186 Å². The van der Waals surface area contributed by atoms with Crippen molar-refractivity contribution in [3.63, 3.8) is 0 Å². The highest BCUT2D eigenvalue weighted by molar-refractivity contribution is 6.33. The van der Waals surface area contributed by atoms with E-state index in [-0.39, 0.29) is 17.9 Å². The molecule has 1 unspecified atom stereocenters. The molecule has 160 valence electrons. The summed E-state index contributed by atoms with van der Waals surface area (Å²) >= 11 is 6.22. The highest BCUT2D eigenvalue weighted by Gasteiger charge is 2.43. The Morgan fingerprint density at radius 1 is 0.968 bits per heavy atom. The van der Waals surface area contributed by atoms with Crippen LogP contribution in [0.3, 0.4) is 0 Å². The van der Waals surface area contributed by atoms with Crippen LogP contribution in [0.4, 0.5) is 0 Å². The van der Waals surface area contributed by atoms with Crippen LogP contribution in [0.1, 0.15) is 41.6 Å². The molecule has 5 rings (SSSR count). The number of hydrogen-bond donors (Lipinski definition) is 3. The minimum atomic E-state index is -0.678. The predicted octanol–water partition coefficient (Wildman–Crippen LogP) is 4.47. The Morgan fingerprint density at radius 3 is 2.35 bits per heavy atom. The predicted molar refractivity (Wildman–Crippen MR) is 122 cm³/mol. The second kappa shape index (κ2) is 8.39. The van der Waals surface area contributed by atoms with Crippen molar-refractivity contribution < 1.29 is 9.59 Å². The fraction of sp³-hybridized carbons (Fsp3) is 0.360. The normalized spacial score (nSPS) is 17.0. The van der Waals surface area contributed by atoms with Gasteiger partial charge in [-0.2, -0.15) is 0 Å². The highest BCUT2D eigenvalue weighted by Crippen LogP contribution is 2.44. The molecule has 0 bridgehead atoms. The molecule has 3 aromatic rings. The number of amides is 2. The molecular weight excluding hydrogens is 410 g/mol. The Kier molecular flexibility index (Phi) is 5.45. The first-order valence-electron chi connectivity index (χ1n) is 11.0. The third kappa shape index (κ3) is 4.47. The second-order valence-corrected chi connectivity index (χ2v) is 9.19. The SMILES string of the molecule is O=C(NC(Cc1c[nH]c2ccccc12)C(=O)NC(C1CC1)C1CC1)c1ccccc1Cl. The molecule has 5 nitrogen and oxygen atoms in total. The molecule has 0 spiro atoms. The van der Waals surface area contributed by atoms with E-state index in [1.807, 2.05) is 30.5 Å². The number of para-hydroxylation sites is 1. The van der Waals surface area contributed by atoms with Gasteiger partial charge in [0, 0.05) is 29.6 Å². The van der Waals surface area contributed by atoms with Gasteiger partial charge >= 0.3 is 0 Å². The van der Waals surface area contributed by atoms with Crippen molar-refractivity contribution in [1.29, 1.82) is 0 Å². The molecule has 2 fully saturated rings. The molecule has 1 heterocycles. The van der Waals surface area contributed by atoms with Gasteiger partial charge in [0.25, 0.3) is 5.91 Å². The number of carbonyl (C=O) groups is 2. The molecule has 0 aliphatic heterocycles. The summed E-state index contributed by atoms with van der Waals surface area (Å²) in [6.45, 7) is 0. The lowest BCUT2D eigenvalue weighted by Crippen LogP contribution is -2.51. The van der Waals surface area contributed by atoms with Gasteiger partial charge < -0.3 is 15.6 Å². The number of halogens is 1.